The third kappa shape index (κ3) is 3.38. The zero-order valence-electron chi connectivity index (χ0n) is 12.2. The molecule has 1 saturated carbocycles. The second kappa shape index (κ2) is 6.07. The molecule has 0 radical (unpaired) electrons. The summed E-state index contributed by atoms with van der Waals surface area (Å²) in [6.45, 7) is 5.36. The summed E-state index contributed by atoms with van der Waals surface area (Å²) in [5.41, 5.74) is 1.16. The van der Waals surface area contributed by atoms with E-state index in [2.05, 4.69) is 5.32 Å². The third-order valence-electron chi connectivity index (χ3n) is 3.48. The number of anilines is 1. The average molecular weight is 275 g/mol. The minimum absolute atomic E-state index is 0.0116. The number of ketones is 1. The lowest BCUT2D eigenvalue weighted by atomic mass is 9.85. The number of rotatable bonds is 5. The largest absolute Gasteiger partial charge is 0.489 e. The van der Waals surface area contributed by atoms with Crippen LogP contribution in [0.25, 0.3) is 0 Å². The van der Waals surface area contributed by atoms with Gasteiger partial charge in [-0.2, -0.15) is 0 Å². The SMILES string of the molecule is CC(=O)c1ccc(OC(C)C)c(NC(=O)C2CCC2)c1. The number of amides is 1. The molecular formula is C16H21NO3. The number of nitrogens with one attached hydrogen (secondary N) is 1. The summed E-state index contributed by atoms with van der Waals surface area (Å²) in [5.74, 6) is 0.700. The summed E-state index contributed by atoms with van der Waals surface area (Å²) in [6, 6.07) is 5.16. The Bertz CT molecular complexity index is 518. The molecule has 1 amide bonds. The van der Waals surface area contributed by atoms with Crippen molar-refractivity contribution in [3.63, 3.8) is 0 Å². The molecule has 1 aliphatic rings. The molecule has 0 heterocycles. The molecule has 1 aliphatic carbocycles. The molecule has 4 heteroatoms. The van der Waals surface area contributed by atoms with Crippen molar-refractivity contribution in [3.8, 4) is 5.75 Å². The van der Waals surface area contributed by atoms with Gasteiger partial charge in [-0.25, -0.2) is 0 Å². The normalized spacial score (nSPS) is 14.8. The van der Waals surface area contributed by atoms with Gasteiger partial charge in [0, 0.05) is 11.5 Å². The molecule has 20 heavy (non-hydrogen) atoms. The van der Waals surface area contributed by atoms with Crippen LogP contribution in [0.2, 0.25) is 0 Å². The zero-order chi connectivity index (χ0) is 14.7. The molecule has 1 fully saturated rings. The Morgan fingerprint density at radius 2 is 2.00 bits per heavy atom. The van der Waals surface area contributed by atoms with E-state index in [9.17, 15) is 9.59 Å². The Labute approximate surface area is 119 Å². The number of hydrogen-bond donors (Lipinski definition) is 1. The smallest absolute Gasteiger partial charge is 0.227 e. The first-order valence-electron chi connectivity index (χ1n) is 7.10. The lowest BCUT2D eigenvalue weighted by Gasteiger charge is -2.25. The van der Waals surface area contributed by atoms with E-state index in [0.717, 1.165) is 19.3 Å². The Morgan fingerprint density at radius 3 is 2.50 bits per heavy atom. The first-order valence-corrected chi connectivity index (χ1v) is 7.10. The van der Waals surface area contributed by atoms with Crippen LogP contribution in [0, 0.1) is 5.92 Å². The maximum atomic E-state index is 12.1. The molecule has 1 aromatic rings. The van der Waals surface area contributed by atoms with Gasteiger partial charge in [-0.3, -0.25) is 9.59 Å². The molecule has 0 bridgehead atoms. The number of carbonyl (C=O) groups excluding carboxylic acids is 2. The first-order chi connectivity index (χ1) is 9.47. The number of hydrogen-bond acceptors (Lipinski definition) is 3. The molecule has 1 N–H and O–H groups in total. The van der Waals surface area contributed by atoms with Crippen molar-refractivity contribution in [2.24, 2.45) is 5.92 Å². The Balaban J connectivity index is 2.22. The fourth-order valence-electron chi connectivity index (χ4n) is 2.11. The summed E-state index contributed by atoms with van der Waals surface area (Å²) in [6.07, 6.45) is 3.01. The molecule has 4 nitrogen and oxygen atoms in total. The van der Waals surface area contributed by atoms with E-state index in [4.69, 9.17) is 4.74 Å². The Hall–Kier alpha value is -1.84. The van der Waals surface area contributed by atoms with Gasteiger partial charge in [0.15, 0.2) is 5.78 Å². The molecule has 108 valence electrons. The lowest BCUT2D eigenvalue weighted by Crippen LogP contribution is -2.28. The van der Waals surface area contributed by atoms with E-state index in [-0.39, 0.29) is 23.7 Å². The zero-order valence-corrected chi connectivity index (χ0v) is 12.2. The molecule has 0 aliphatic heterocycles. The lowest BCUT2D eigenvalue weighted by molar-refractivity contribution is -0.122. The van der Waals surface area contributed by atoms with E-state index in [0.29, 0.717) is 17.0 Å². The van der Waals surface area contributed by atoms with Crippen molar-refractivity contribution in [1.82, 2.24) is 0 Å². The van der Waals surface area contributed by atoms with Crippen molar-refractivity contribution in [3.05, 3.63) is 23.8 Å². The molecular weight excluding hydrogens is 254 g/mol. The highest BCUT2D eigenvalue weighted by Crippen LogP contribution is 2.31. The van der Waals surface area contributed by atoms with E-state index in [1.54, 1.807) is 18.2 Å². The minimum atomic E-state index is -0.0276. The molecule has 0 saturated heterocycles. The van der Waals surface area contributed by atoms with Crippen molar-refractivity contribution in [1.29, 1.82) is 0 Å². The van der Waals surface area contributed by atoms with Gasteiger partial charge in [0.2, 0.25) is 5.91 Å². The molecule has 2 rings (SSSR count). The van der Waals surface area contributed by atoms with Gasteiger partial charge in [0.05, 0.1) is 11.8 Å². The van der Waals surface area contributed by atoms with Crippen LogP contribution in [0.15, 0.2) is 18.2 Å². The van der Waals surface area contributed by atoms with Gasteiger partial charge in [-0.1, -0.05) is 6.42 Å². The first kappa shape index (κ1) is 14.6. The summed E-state index contributed by atoms with van der Waals surface area (Å²) in [4.78, 5) is 23.5. The predicted octanol–water partition coefficient (Wildman–Crippen LogP) is 3.42. The Kier molecular flexibility index (Phi) is 4.42. The summed E-state index contributed by atoms with van der Waals surface area (Å²) < 4.78 is 5.69. The van der Waals surface area contributed by atoms with Crippen LogP contribution in [0.5, 0.6) is 5.75 Å². The highest BCUT2D eigenvalue weighted by atomic mass is 16.5. The maximum absolute atomic E-state index is 12.1. The van der Waals surface area contributed by atoms with Crippen LogP contribution in [0.1, 0.15) is 50.4 Å². The Morgan fingerprint density at radius 1 is 1.30 bits per heavy atom. The van der Waals surface area contributed by atoms with Gasteiger partial charge in [-0.05, 0) is 51.8 Å². The van der Waals surface area contributed by atoms with Crippen LogP contribution in [-0.2, 0) is 4.79 Å². The summed E-state index contributed by atoms with van der Waals surface area (Å²) in [7, 11) is 0. The molecule has 0 spiro atoms. The van der Waals surface area contributed by atoms with Gasteiger partial charge < -0.3 is 10.1 Å². The van der Waals surface area contributed by atoms with Gasteiger partial charge >= 0.3 is 0 Å². The molecule has 0 atom stereocenters. The summed E-state index contributed by atoms with van der Waals surface area (Å²) in [5, 5.41) is 2.90. The van der Waals surface area contributed by atoms with Gasteiger partial charge in [0.25, 0.3) is 0 Å². The number of benzene rings is 1. The van der Waals surface area contributed by atoms with Crippen LogP contribution in [0.4, 0.5) is 5.69 Å². The number of Topliss-reactive ketones (excluding diaryl/α,β-unsaturated/α-hetero) is 1. The van der Waals surface area contributed by atoms with E-state index >= 15 is 0 Å². The van der Waals surface area contributed by atoms with Crippen LogP contribution < -0.4 is 10.1 Å². The second-order valence-corrected chi connectivity index (χ2v) is 5.55. The van der Waals surface area contributed by atoms with Crippen molar-refractivity contribution < 1.29 is 14.3 Å². The minimum Gasteiger partial charge on any atom is -0.489 e. The van der Waals surface area contributed by atoms with Crippen molar-refractivity contribution in [2.75, 3.05) is 5.32 Å². The van der Waals surface area contributed by atoms with E-state index in [1.165, 1.54) is 6.92 Å². The number of ether oxygens (including phenoxy) is 1. The monoisotopic (exact) mass is 275 g/mol. The van der Waals surface area contributed by atoms with Gasteiger partial charge in [-0.15, -0.1) is 0 Å². The van der Waals surface area contributed by atoms with Crippen LogP contribution in [-0.4, -0.2) is 17.8 Å². The molecule has 0 unspecified atom stereocenters. The van der Waals surface area contributed by atoms with Crippen molar-refractivity contribution >= 4 is 17.4 Å². The van der Waals surface area contributed by atoms with Crippen LogP contribution >= 0.6 is 0 Å². The van der Waals surface area contributed by atoms with Crippen molar-refractivity contribution in [2.45, 2.75) is 46.1 Å². The van der Waals surface area contributed by atoms with E-state index < -0.39 is 0 Å². The quantitative estimate of drug-likeness (QED) is 0.838. The highest BCUT2D eigenvalue weighted by molar-refractivity contribution is 5.99. The molecule has 1 aromatic carbocycles. The molecule has 0 aromatic heterocycles. The fourth-order valence-corrected chi connectivity index (χ4v) is 2.11. The topological polar surface area (TPSA) is 55.4 Å². The maximum Gasteiger partial charge on any atom is 0.227 e. The predicted molar refractivity (Wildman–Crippen MR) is 78.2 cm³/mol. The fraction of sp³-hybridized carbons (Fsp3) is 0.500. The van der Waals surface area contributed by atoms with Crippen LogP contribution in [0.3, 0.4) is 0 Å². The highest BCUT2D eigenvalue weighted by Gasteiger charge is 2.26. The average Bonchev–Trinajstić information content (AvgIpc) is 2.28. The van der Waals surface area contributed by atoms with Gasteiger partial charge in [0.1, 0.15) is 5.75 Å². The standard InChI is InChI=1S/C16H21NO3/c1-10(2)20-15-8-7-13(11(3)18)9-14(15)17-16(19)12-5-4-6-12/h7-10,12H,4-6H2,1-3H3,(H,17,19). The van der Waals surface area contributed by atoms with E-state index in [1.807, 2.05) is 13.8 Å². The third-order valence-corrected chi connectivity index (χ3v) is 3.48. The summed E-state index contributed by atoms with van der Waals surface area (Å²) >= 11 is 0. The number of carbonyl (C=O) groups is 2. The second-order valence-electron chi connectivity index (χ2n) is 5.55.